The van der Waals surface area contributed by atoms with Crippen LogP contribution in [-0.4, -0.2) is 43.5 Å². The van der Waals surface area contributed by atoms with Gasteiger partial charge in [0, 0.05) is 25.9 Å². The van der Waals surface area contributed by atoms with Gasteiger partial charge in [-0.05, 0) is 13.3 Å². The van der Waals surface area contributed by atoms with Crippen molar-refractivity contribution >= 4 is 11.6 Å². The van der Waals surface area contributed by atoms with Gasteiger partial charge in [-0.3, -0.25) is 0 Å². The smallest absolute Gasteiger partial charge is 0.220 e. The zero-order chi connectivity index (χ0) is 12.5. The van der Waals surface area contributed by atoms with Crippen LogP contribution in [0.3, 0.4) is 0 Å². The van der Waals surface area contributed by atoms with E-state index in [4.69, 9.17) is 25.8 Å². The summed E-state index contributed by atoms with van der Waals surface area (Å²) in [7, 11) is 1.67. The Kier molecular flexibility index (Phi) is 6.84. The molecule has 0 aliphatic carbocycles. The maximum atomic E-state index is 5.83. The predicted molar refractivity (Wildman–Crippen MR) is 64.6 cm³/mol. The lowest BCUT2D eigenvalue weighted by Crippen LogP contribution is -2.10. The Hall–Kier alpha value is -0.910. The van der Waals surface area contributed by atoms with E-state index in [1.165, 1.54) is 6.33 Å². The van der Waals surface area contributed by atoms with E-state index >= 15 is 0 Å². The SMILES string of the molecule is COCCCOCCOc1ncnc(Cl)c1C. The van der Waals surface area contributed by atoms with Gasteiger partial charge < -0.3 is 14.2 Å². The molecule has 0 bridgehead atoms. The van der Waals surface area contributed by atoms with Crippen LogP contribution in [0.25, 0.3) is 0 Å². The number of halogens is 1. The number of hydrogen-bond donors (Lipinski definition) is 0. The summed E-state index contributed by atoms with van der Waals surface area (Å²) in [5, 5.41) is 0.413. The quantitative estimate of drug-likeness (QED) is 0.528. The van der Waals surface area contributed by atoms with Crippen LogP contribution in [0.1, 0.15) is 12.0 Å². The highest BCUT2D eigenvalue weighted by atomic mass is 35.5. The van der Waals surface area contributed by atoms with E-state index in [1.54, 1.807) is 7.11 Å². The summed E-state index contributed by atoms with van der Waals surface area (Å²) in [6.07, 6.45) is 2.26. The molecule has 0 amide bonds. The van der Waals surface area contributed by atoms with Crippen LogP contribution < -0.4 is 4.74 Å². The van der Waals surface area contributed by atoms with Crippen molar-refractivity contribution in [2.45, 2.75) is 13.3 Å². The number of ether oxygens (including phenoxy) is 3. The number of nitrogens with zero attached hydrogens (tertiary/aromatic N) is 2. The minimum atomic E-state index is 0.413. The zero-order valence-electron chi connectivity index (χ0n) is 10.1. The molecule has 6 heteroatoms. The highest BCUT2D eigenvalue weighted by Crippen LogP contribution is 2.19. The van der Waals surface area contributed by atoms with E-state index in [1.807, 2.05) is 6.92 Å². The highest BCUT2D eigenvalue weighted by Gasteiger charge is 2.05. The minimum Gasteiger partial charge on any atom is -0.475 e. The summed E-state index contributed by atoms with van der Waals surface area (Å²) in [5.74, 6) is 0.505. The number of hydrogen-bond acceptors (Lipinski definition) is 5. The lowest BCUT2D eigenvalue weighted by atomic mass is 10.4. The zero-order valence-corrected chi connectivity index (χ0v) is 10.9. The molecule has 1 rings (SSSR count). The van der Waals surface area contributed by atoms with Crippen molar-refractivity contribution < 1.29 is 14.2 Å². The molecule has 1 aromatic heterocycles. The molecule has 0 saturated heterocycles. The van der Waals surface area contributed by atoms with Crippen molar-refractivity contribution in [1.82, 2.24) is 9.97 Å². The molecule has 0 aliphatic heterocycles. The first-order valence-electron chi connectivity index (χ1n) is 5.42. The minimum absolute atomic E-state index is 0.413. The second kappa shape index (κ2) is 8.22. The van der Waals surface area contributed by atoms with Crippen molar-refractivity contribution in [2.75, 3.05) is 33.5 Å². The van der Waals surface area contributed by atoms with E-state index in [-0.39, 0.29) is 0 Å². The van der Waals surface area contributed by atoms with Crippen LogP contribution in [0, 0.1) is 6.92 Å². The second-order valence-corrected chi connectivity index (χ2v) is 3.76. The van der Waals surface area contributed by atoms with E-state index in [0.717, 1.165) is 12.0 Å². The van der Waals surface area contributed by atoms with E-state index in [2.05, 4.69) is 9.97 Å². The van der Waals surface area contributed by atoms with Crippen molar-refractivity contribution in [3.8, 4) is 5.88 Å². The molecule has 96 valence electrons. The molecule has 0 spiro atoms. The lowest BCUT2D eigenvalue weighted by molar-refractivity contribution is 0.0793. The molecule has 0 aliphatic rings. The molecule has 0 fully saturated rings. The van der Waals surface area contributed by atoms with Crippen molar-refractivity contribution in [3.05, 3.63) is 17.0 Å². The molecule has 1 aromatic rings. The summed E-state index contributed by atoms with van der Waals surface area (Å²) in [5.41, 5.74) is 0.744. The topological polar surface area (TPSA) is 53.5 Å². The van der Waals surface area contributed by atoms with E-state index < -0.39 is 0 Å². The average Bonchev–Trinajstić information content (AvgIpc) is 2.33. The molecule has 1 heterocycles. The van der Waals surface area contributed by atoms with E-state index in [0.29, 0.717) is 37.5 Å². The van der Waals surface area contributed by atoms with Crippen LogP contribution in [0.2, 0.25) is 5.15 Å². The lowest BCUT2D eigenvalue weighted by Gasteiger charge is -2.08. The summed E-state index contributed by atoms with van der Waals surface area (Å²) < 4.78 is 15.7. The van der Waals surface area contributed by atoms with Crippen molar-refractivity contribution in [2.24, 2.45) is 0 Å². The van der Waals surface area contributed by atoms with Gasteiger partial charge in [0.2, 0.25) is 5.88 Å². The Morgan fingerprint density at radius 2 is 2.00 bits per heavy atom. The Labute approximate surface area is 106 Å². The third-order valence-corrected chi connectivity index (χ3v) is 2.46. The number of methoxy groups -OCH3 is 1. The first kappa shape index (κ1) is 14.2. The molecule has 5 nitrogen and oxygen atoms in total. The monoisotopic (exact) mass is 260 g/mol. The molecule has 0 radical (unpaired) electrons. The van der Waals surface area contributed by atoms with Gasteiger partial charge in [0.15, 0.2) is 0 Å². The van der Waals surface area contributed by atoms with Gasteiger partial charge in [-0.2, -0.15) is 0 Å². The Balaban J connectivity index is 2.16. The molecule has 17 heavy (non-hydrogen) atoms. The van der Waals surface area contributed by atoms with Crippen LogP contribution in [0.4, 0.5) is 0 Å². The fourth-order valence-electron chi connectivity index (χ4n) is 1.16. The summed E-state index contributed by atoms with van der Waals surface area (Å²) in [4.78, 5) is 7.84. The summed E-state index contributed by atoms with van der Waals surface area (Å²) >= 11 is 5.83. The summed E-state index contributed by atoms with van der Waals surface area (Å²) in [6, 6.07) is 0. The first-order chi connectivity index (χ1) is 8.25. The molecule has 0 atom stereocenters. The molecular weight excluding hydrogens is 244 g/mol. The highest BCUT2D eigenvalue weighted by molar-refractivity contribution is 6.30. The van der Waals surface area contributed by atoms with Crippen molar-refractivity contribution in [1.29, 1.82) is 0 Å². The van der Waals surface area contributed by atoms with Crippen LogP contribution >= 0.6 is 11.6 Å². The van der Waals surface area contributed by atoms with Crippen LogP contribution in [0.5, 0.6) is 5.88 Å². The largest absolute Gasteiger partial charge is 0.475 e. The Morgan fingerprint density at radius 3 is 2.76 bits per heavy atom. The predicted octanol–water partition coefficient (Wildman–Crippen LogP) is 1.87. The molecule has 0 aromatic carbocycles. The third kappa shape index (κ3) is 5.30. The van der Waals surface area contributed by atoms with Gasteiger partial charge in [0.05, 0.1) is 6.61 Å². The van der Waals surface area contributed by atoms with Crippen molar-refractivity contribution in [3.63, 3.8) is 0 Å². The Bertz CT molecular complexity index is 336. The maximum Gasteiger partial charge on any atom is 0.220 e. The molecule has 0 saturated carbocycles. The molecule has 0 unspecified atom stereocenters. The van der Waals surface area contributed by atoms with E-state index in [9.17, 15) is 0 Å². The number of rotatable bonds is 8. The third-order valence-electron chi connectivity index (χ3n) is 2.08. The fourth-order valence-corrected chi connectivity index (χ4v) is 1.29. The Morgan fingerprint density at radius 1 is 1.18 bits per heavy atom. The van der Waals surface area contributed by atoms with Gasteiger partial charge in [0.25, 0.3) is 0 Å². The first-order valence-corrected chi connectivity index (χ1v) is 5.80. The van der Waals surface area contributed by atoms with Gasteiger partial charge in [-0.1, -0.05) is 11.6 Å². The standard InChI is InChI=1S/C11H17ClN2O3/c1-9-10(12)13-8-14-11(9)17-7-6-16-5-3-4-15-2/h8H,3-7H2,1-2H3. The number of aromatic nitrogens is 2. The van der Waals surface area contributed by atoms with Gasteiger partial charge in [0.1, 0.15) is 18.1 Å². The molecular formula is C11H17ClN2O3. The fraction of sp³-hybridized carbons (Fsp3) is 0.636. The van der Waals surface area contributed by atoms with Gasteiger partial charge in [-0.15, -0.1) is 0 Å². The second-order valence-electron chi connectivity index (χ2n) is 3.40. The average molecular weight is 261 g/mol. The van der Waals surface area contributed by atoms with Gasteiger partial charge >= 0.3 is 0 Å². The van der Waals surface area contributed by atoms with Gasteiger partial charge in [-0.25, -0.2) is 9.97 Å². The van der Waals surface area contributed by atoms with Crippen LogP contribution in [-0.2, 0) is 9.47 Å². The molecule has 0 N–H and O–H groups in total. The summed E-state index contributed by atoms with van der Waals surface area (Å²) in [6.45, 7) is 4.16. The van der Waals surface area contributed by atoms with Crippen LogP contribution in [0.15, 0.2) is 6.33 Å². The normalized spacial score (nSPS) is 10.5. The maximum absolute atomic E-state index is 5.83.